The standard InChI is InChI=1S/C17H20F4N4O2/c18-11-3-1-4-12-13(11)14(22)24-16(23-12)6-8-25(9-7-16)15(26)27-10-2-5-17(19,20)21/h1,3-4,23H,2,5-10H2,(H2,22,24). The summed E-state index contributed by atoms with van der Waals surface area (Å²) in [7, 11) is 0. The van der Waals surface area contributed by atoms with Crippen molar-refractivity contribution in [2.45, 2.75) is 37.5 Å². The Kier molecular flexibility index (Phi) is 5.16. The summed E-state index contributed by atoms with van der Waals surface area (Å²) in [5.41, 5.74) is 5.98. The number of benzene rings is 1. The molecular formula is C17H20F4N4O2. The molecule has 3 rings (SSSR count). The maximum absolute atomic E-state index is 13.9. The van der Waals surface area contributed by atoms with Crippen LogP contribution in [0.2, 0.25) is 0 Å². The van der Waals surface area contributed by atoms with Crippen molar-refractivity contribution in [3.05, 3.63) is 29.6 Å². The molecule has 148 valence electrons. The molecule has 0 aliphatic carbocycles. The van der Waals surface area contributed by atoms with Gasteiger partial charge in [-0.15, -0.1) is 0 Å². The number of aliphatic imine (C=N–C) groups is 1. The lowest BCUT2D eigenvalue weighted by Crippen LogP contribution is -2.52. The SMILES string of the molecule is NC1=NC2(CCN(C(=O)OCCCC(F)(F)F)CC2)Nc2cccc(F)c21. The molecule has 10 heteroatoms. The van der Waals surface area contributed by atoms with Crippen LogP contribution in [-0.4, -0.2) is 48.4 Å². The number of carbonyl (C=O) groups excluding carboxylic acids is 1. The predicted octanol–water partition coefficient (Wildman–Crippen LogP) is 3.23. The third-order valence-electron chi connectivity index (χ3n) is 4.65. The number of likely N-dealkylation sites (tertiary alicyclic amines) is 1. The van der Waals surface area contributed by atoms with Crippen LogP contribution >= 0.6 is 0 Å². The number of hydrogen-bond acceptors (Lipinski definition) is 5. The number of ether oxygens (including phenoxy) is 1. The van der Waals surface area contributed by atoms with Crippen molar-refractivity contribution >= 4 is 17.6 Å². The van der Waals surface area contributed by atoms with E-state index >= 15 is 0 Å². The maximum atomic E-state index is 13.9. The molecule has 6 nitrogen and oxygen atoms in total. The third kappa shape index (κ3) is 4.42. The number of nitrogens with two attached hydrogens (primary N) is 1. The molecule has 0 unspecified atom stereocenters. The molecule has 0 radical (unpaired) electrons. The van der Waals surface area contributed by atoms with E-state index in [0.29, 0.717) is 31.6 Å². The van der Waals surface area contributed by atoms with Gasteiger partial charge in [-0.05, 0) is 18.6 Å². The molecule has 0 aromatic heterocycles. The Morgan fingerprint density at radius 1 is 1.33 bits per heavy atom. The highest BCUT2D eigenvalue weighted by molar-refractivity contribution is 6.04. The molecule has 1 aromatic rings. The van der Waals surface area contributed by atoms with Crippen LogP contribution < -0.4 is 11.1 Å². The number of amidine groups is 1. The van der Waals surface area contributed by atoms with Crippen molar-refractivity contribution in [2.75, 3.05) is 25.0 Å². The molecule has 2 heterocycles. The summed E-state index contributed by atoms with van der Waals surface area (Å²) in [6, 6.07) is 4.59. The Hall–Kier alpha value is -2.52. The lowest BCUT2D eigenvalue weighted by molar-refractivity contribution is -0.137. The number of hydrogen-bond donors (Lipinski definition) is 2. The van der Waals surface area contributed by atoms with Gasteiger partial charge >= 0.3 is 12.3 Å². The van der Waals surface area contributed by atoms with Gasteiger partial charge in [-0.25, -0.2) is 14.2 Å². The maximum Gasteiger partial charge on any atom is 0.409 e. The van der Waals surface area contributed by atoms with Crippen LogP contribution in [0.4, 0.5) is 28.0 Å². The Bertz CT molecular complexity index is 743. The normalized spacial score (nSPS) is 18.5. The molecule has 1 saturated heterocycles. The van der Waals surface area contributed by atoms with Crippen LogP contribution in [0.1, 0.15) is 31.2 Å². The van der Waals surface area contributed by atoms with Gasteiger partial charge in [0.25, 0.3) is 0 Å². The van der Waals surface area contributed by atoms with Crippen molar-refractivity contribution < 1.29 is 27.1 Å². The van der Waals surface area contributed by atoms with Gasteiger partial charge in [-0.1, -0.05) is 6.07 Å². The molecule has 0 saturated carbocycles. The monoisotopic (exact) mass is 388 g/mol. The van der Waals surface area contributed by atoms with Crippen LogP contribution in [0.15, 0.2) is 23.2 Å². The second-order valence-electron chi connectivity index (χ2n) is 6.64. The second kappa shape index (κ2) is 7.24. The summed E-state index contributed by atoms with van der Waals surface area (Å²) < 4.78 is 55.1. The average Bonchev–Trinajstić information content (AvgIpc) is 2.58. The summed E-state index contributed by atoms with van der Waals surface area (Å²) in [4.78, 5) is 17.8. The summed E-state index contributed by atoms with van der Waals surface area (Å²) in [6.07, 6.45) is -5.33. The smallest absolute Gasteiger partial charge is 0.409 e. The summed E-state index contributed by atoms with van der Waals surface area (Å²) in [5, 5.41) is 3.20. The summed E-state index contributed by atoms with van der Waals surface area (Å²) in [5.74, 6) is -0.360. The zero-order valence-corrected chi connectivity index (χ0v) is 14.5. The van der Waals surface area contributed by atoms with E-state index in [9.17, 15) is 22.4 Å². The molecule has 2 aliphatic rings. The number of amides is 1. The Balaban J connectivity index is 1.55. The first kappa shape index (κ1) is 19.2. The first-order valence-corrected chi connectivity index (χ1v) is 8.60. The number of alkyl halides is 3. The van der Waals surface area contributed by atoms with E-state index in [1.54, 1.807) is 12.1 Å². The number of piperidine rings is 1. The van der Waals surface area contributed by atoms with Gasteiger partial charge in [0.15, 0.2) is 0 Å². The molecule has 0 bridgehead atoms. The van der Waals surface area contributed by atoms with Gasteiger partial charge in [0.2, 0.25) is 0 Å². The Morgan fingerprint density at radius 2 is 2.04 bits per heavy atom. The quantitative estimate of drug-likeness (QED) is 0.616. The van der Waals surface area contributed by atoms with Crippen molar-refractivity contribution in [3.8, 4) is 0 Å². The van der Waals surface area contributed by atoms with E-state index in [4.69, 9.17) is 10.5 Å². The molecule has 1 spiro atoms. The van der Waals surface area contributed by atoms with Crippen molar-refractivity contribution in [1.82, 2.24) is 4.90 Å². The third-order valence-corrected chi connectivity index (χ3v) is 4.65. The fraction of sp³-hybridized carbons (Fsp3) is 0.529. The van der Waals surface area contributed by atoms with Crippen LogP contribution in [-0.2, 0) is 4.74 Å². The highest BCUT2D eigenvalue weighted by Gasteiger charge is 2.39. The van der Waals surface area contributed by atoms with Crippen LogP contribution in [0.25, 0.3) is 0 Å². The Morgan fingerprint density at radius 3 is 2.70 bits per heavy atom. The highest BCUT2D eigenvalue weighted by atomic mass is 19.4. The van der Waals surface area contributed by atoms with E-state index in [-0.39, 0.29) is 24.4 Å². The van der Waals surface area contributed by atoms with E-state index in [1.807, 2.05) is 0 Å². The van der Waals surface area contributed by atoms with Gasteiger partial charge in [-0.3, -0.25) is 0 Å². The average molecular weight is 388 g/mol. The Labute approximate surface area is 153 Å². The van der Waals surface area contributed by atoms with Gasteiger partial charge in [0.05, 0.1) is 12.2 Å². The zero-order valence-electron chi connectivity index (χ0n) is 14.5. The van der Waals surface area contributed by atoms with Crippen LogP contribution in [0.3, 0.4) is 0 Å². The molecule has 1 fully saturated rings. The molecule has 0 atom stereocenters. The minimum Gasteiger partial charge on any atom is -0.449 e. The minimum atomic E-state index is -4.26. The van der Waals surface area contributed by atoms with Crippen LogP contribution in [0.5, 0.6) is 0 Å². The molecule has 2 aliphatic heterocycles. The van der Waals surface area contributed by atoms with E-state index in [2.05, 4.69) is 10.3 Å². The van der Waals surface area contributed by atoms with E-state index in [0.717, 1.165) is 0 Å². The summed E-state index contributed by atoms with van der Waals surface area (Å²) >= 11 is 0. The van der Waals surface area contributed by atoms with Gasteiger partial charge in [0, 0.05) is 38.0 Å². The number of carbonyl (C=O) groups is 1. The number of halogens is 4. The fourth-order valence-corrected chi connectivity index (χ4v) is 3.27. The first-order valence-electron chi connectivity index (χ1n) is 8.60. The number of nitrogens with one attached hydrogen (secondary N) is 1. The van der Waals surface area contributed by atoms with E-state index in [1.165, 1.54) is 11.0 Å². The zero-order chi connectivity index (χ0) is 19.7. The van der Waals surface area contributed by atoms with Gasteiger partial charge in [0.1, 0.15) is 17.3 Å². The molecule has 1 aromatic carbocycles. The van der Waals surface area contributed by atoms with Crippen molar-refractivity contribution in [2.24, 2.45) is 10.7 Å². The van der Waals surface area contributed by atoms with Crippen molar-refractivity contribution in [1.29, 1.82) is 0 Å². The minimum absolute atomic E-state index is 0.102. The number of nitrogens with zero attached hydrogens (tertiary/aromatic N) is 2. The van der Waals surface area contributed by atoms with Crippen molar-refractivity contribution in [3.63, 3.8) is 0 Å². The lowest BCUT2D eigenvalue weighted by atomic mass is 9.94. The first-order chi connectivity index (χ1) is 12.7. The van der Waals surface area contributed by atoms with Gasteiger partial charge < -0.3 is 20.7 Å². The van der Waals surface area contributed by atoms with Gasteiger partial charge in [-0.2, -0.15) is 13.2 Å². The number of fused-ring (bicyclic) bond motifs is 1. The van der Waals surface area contributed by atoms with E-state index < -0.39 is 30.2 Å². The molecular weight excluding hydrogens is 368 g/mol. The van der Waals surface area contributed by atoms with Crippen LogP contribution in [0, 0.1) is 5.82 Å². The topological polar surface area (TPSA) is 80.0 Å². The molecule has 3 N–H and O–H groups in total. The number of anilines is 1. The fourth-order valence-electron chi connectivity index (χ4n) is 3.27. The second-order valence-corrected chi connectivity index (χ2v) is 6.64. The number of rotatable bonds is 3. The highest BCUT2D eigenvalue weighted by Crippen LogP contribution is 2.35. The molecule has 27 heavy (non-hydrogen) atoms. The predicted molar refractivity (Wildman–Crippen MR) is 90.9 cm³/mol. The lowest BCUT2D eigenvalue weighted by Gasteiger charge is -2.42. The summed E-state index contributed by atoms with van der Waals surface area (Å²) in [6.45, 7) is 0.315. The molecule has 1 amide bonds. The largest absolute Gasteiger partial charge is 0.449 e.